The highest BCUT2D eigenvalue weighted by Crippen LogP contribution is 2.42. The van der Waals surface area contributed by atoms with Gasteiger partial charge >= 0.3 is 0 Å². The van der Waals surface area contributed by atoms with Crippen molar-refractivity contribution in [1.29, 1.82) is 0 Å². The molecule has 1 unspecified atom stereocenters. The molecule has 0 spiro atoms. The number of ketones is 1. The fourth-order valence-corrected chi connectivity index (χ4v) is 4.77. The van der Waals surface area contributed by atoms with E-state index in [0.29, 0.717) is 35.7 Å². The van der Waals surface area contributed by atoms with E-state index >= 15 is 0 Å². The van der Waals surface area contributed by atoms with E-state index in [9.17, 15) is 14.7 Å². The molecule has 0 saturated carbocycles. The predicted molar refractivity (Wildman–Crippen MR) is 150 cm³/mol. The number of ether oxygens (including phenoxy) is 3. The molecule has 1 atom stereocenters. The second kappa shape index (κ2) is 13.0. The lowest BCUT2D eigenvalue weighted by molar-refractivity contribution is -0.139. The molecule has 1 heterocycles. The zero-order valence-corrected chi connectivity index (χ0v) is 22.7. The molecule has 1 fully saturated rings. The van der Waals surface area contributed by atoms with Gasteiger partial charge in [0.1, 0.15) is 23.0 Å². The molecule has 204 valence electrons. The summed E-state index contributed by atoms with van der Waals surface area (Å²) in [5, 5.41) is 11.4. The summed E-state index contributed by atoms with van der Waals surface area (Å²) in [6.07, 6.45) is 3.70. The van der Waals surface area contributed by atoms with Crippen molar-refractivity contribution < 1.29 is 28.9 Å². The molecule has 7 heteroatoms. The van der Waals surface area contributed by atoms with Crippen molar-refractivity contribution in [2.24, 2.45) is 0 Å². The van der Waals surface area contributed by atoms with Crippen LogP contribution in [0.3, 0.4) is 0 Å². The predicted octanol–water partition coefficient (Wildman–Crippen LogP) is 5.94. The number of aliphatic hydroxyl groups excluding tert-OH is 1. The standard InChI is InChI=1S/C32H35NO6/c1-4-5-8-21-39-25-17-13-23(14-18-25)30(34)28-29(26-9-6-7-10-27(26)38-3)33(32(36)31(28)35)20-19-22-11-15-24(37-2)16-12-22/h6-7,9-18,29,34H,4-5,8,19-21H2,1-3H3/b30-28-. The molecular formula is C32H35NO6. The monoisotopic (exact) mass is 529 g/mol. The van der Waals surface area contributed by atoms with Gasteiger partial charge in [-0.3, -0.25) is 9.59 Å². The first-order chi connectivity index (χ1) is 19.0. The molecule has 1 amide bonds. The highest BCUT2D eigenvalue weighted by atomic mass is 16.5. The van der Waals surface area contributed by atoms with Gasteiger partial charge in [0.2, 0.25) is 0 Å². The number of hydrogen-bond donors (Lipinski definition) is 1. The van der Waals surface area contributed by atoms with Crippen molar-refractivity contribution in [2.45, 2.75) is 38.6 Å². The number of unbranched alkanes of at least 4 members (excludes halogenated alkanes) is 2. The Morgan fingerprint density at radius 1 is 0.872 bits per heavy atom. The molecule has 3 aromatic carbocycles. The number of methoxy groups -OCH3 is 2. The number of carbonyl (C=O) groups is 2. The molecule has 39 heavy (non-hydrogen) atoms. The van der Waals surface area contributed by atoms with Crippen LogP contribution in [-0.4, -0.2) is 49.1 Å². The highest BCUT2D eigenvalue weighted by molar-refractivity contribution is 6.46. The Morgan fingerprint density at radius 2 is 1.56 bits per heavy atom. The third-order valence-electron chi connectivity index (χ3n) is 6.92. The molecule has 0 bridgehead atoms. The van der Waals surface area contributed by atoms with Crippen LogP contribution in [0.5, 0.6) is 17.2 Å². The van der Waals surface area contributed by atoms with Gasteiger partial charge < -0.3 is 24.2 Å². The summed E-state index contributed by atoms with van der Waals surface area (Å²) in [7, 11) is 3.15. The third kappa shape index (κ3) is 6.25. The number of Topliss-reactive ketones (excluding diaryl/α,β-unsaturated/α-hetero) is 1. The second-order valence-corrected chi connectivity index (χ2v) is 9.41. The van der Waals surface area contributed by atoms with E-state index in [2.05, 4.69) is 6.92 Å². The van der Waals surface area contributed by atoms with Gasteiger partial charge in [-0.05, 0) is 60.9 Å². The number of para-hydroxylation sites is 1. The lowest BCUT2D eigenvalue weighted by atomic mass is 9.94. The minimum absolute atomic E-state index is 0.0378. The van der Waals surface area contributed by atoms with Gasteiger partial charge in [-0.25, -0.2) is 0 Å². The van der Waals surface area contributed by atoms with Crippen LogP contribution >= 0.6 is 0 Å². The molecule has 1 aliphatic heterocycles. The maximum Gasteiger partial charge on any atom is 0.295 e. The van der Waals surface area contributed by atoms with E-state index in [1.54, 1.807) is 44.6 Å². The summed E-state index contributed by atoms with van der Waals surface area (Å²) in [6, 6.07) is 21.0. The van der Waals surface area contributed by atoms with E-state index in [0.717, 1.165) is 30.6 Å². The smallest absolute Gasteiger partial charge is 0.295 e. The van der Waals surface area contributed by atoms with Crippen LogP contribution in [0.1, 0.15) is 48.9 Å². The van der Waals surface area contributed by atoms with Gasteiger partial charge in [-0.1, -0.05) is 50.1 Å². The Balaban J connectivity index is 1.68. The number of carbonyl (C=O) groups excluding carboxylic acids is 2. The molecule has 3 aromatic rings. The van der Waals surface area contributed by atoms with Crippen molar-refractivity contribution in [3.05, 3.63) is 95.1 Å². The zero-order valence-electron chi connectivity index (χ0n) is 22.7. The van der Waals surface area contributed by atoms with Crippen LogP contribution in [0, 0.1) is 0 Å². The van der Waals surface area contributed by atoms with E-state index in [1.165, 1.54) is 4.90 Å². The van der Waals surface area contributed by atoms with Crippen LogP contribution in [0.2, 0.25) is 0 Å². The summed E-state index contributed by atoms with van der Waals surface area (Å²) in [6.45, 7) is 3.03. The average molecular weight is 530 g/mol. The summed E-state index contributed by atoms with van der Waals surface area (Å²) >= 11 is 0. The lowest BCUT2D eigenvalue weighted by Crippen LogP contribution is -2.31. The topological polar surface area (TPSA) is 85.3 Å². The molecular weight excluding hydrogens is 494 g/mol. The van der Waals surface area contributed by atoms with Crippen molar-refractivity contribution in [1.82, 2.24) is 4.90 Å². The minimum Gasteiger partial charge on any atom is -0.507 e. The van der Waals surface area contributed by atoms with E-state index in [1.807, 2.05) is 42.5 Å². The first-order valence-corrected chi connectivity index (χ1v) is 13.3. The lowest BCUT2D eigenvalue weighted by Gasteiger charge is -2.26. The molecule has 1 saturated heterocycles. The van der Waals surface area contributed by atoms with Crippen LogP contribution in [-0.2, 0) is 16.0 Å². The molecule has 7 nitrogen and oxygen atoms in total. The Kier molecular flexibility index (Phi) is 9.26. The number of amides is 1. The normalized spacial score (nSPS) is 16.4. The van der Waals surface area contributed by atoms with Gasteiger partial charge in [0.15, 0.2) is 0 Å². The number of hydrogen-bond acceptors (Lipinski definition) is 6. The third-order valence-corrected chi connectivity index (χ3v) is 6.92. The van der Waals surface area contributed by atoms with Gasteiger partial charge in [0.05, 0.1) is 32.4 Å². The van der Waals surface area contributed by atoms with Crippen molar-refractivity contribution in [3.63, 3.8) is 0 Å². The molecule has 4 rings (SSSR count). The summed E-state index contributed by atoms with van der Waals surface area (Å²) < 4.78 is 16.6. The number of aliphatic hydroxyl groups is 1. The van der Waals surface area contributed by atoms with Crippen LogP contribution < -0.4 is 14.2 Å². The van der Waals surface area contributed by atoms with Gasteiger partial charge in [0.25, 0.3) is 11.7 Å². The summed E-state index contributed by atoms with van der Waals surface area (Å²) in [5.41, 5.74) is 2.09. The van der Waals surface area contributed by atoms with E-state index in [4.69, 9.17) is 14.2 Å². The quantitative estimate of drug-likeness (QED) is 0.135. The maximum absolute atomic E-state index is 13.4. The Hall–Kier alpha value is -4.26. The number of nitrogens with zero attached hydrogens (tertiary/aromatic N) is 1. The van der Waals surface area contributed by atoms with Crippen LogP contribution in [0.15, 0.2) is 78.4 Å². The Morgan fingerprint density at radius 3 is 2.23 bits per heavy atom. The number of rotatable bonds is 12. The average Bonchev–Trinajstić information content (AvgIpc) is 3.23. The first kappa shape index (κ1) is 27.8. The maximum atomic E-state index is 13.4. The molecule has 0 aliphatic carbocycles. The zero-order chi connectivity index (χ0) is 27.8. The Bertz CT molecular complexity index is 1310. The Labute approximate surface area is 229 Å². The molecule has 0 aromatic heterocycles. The van der Waals surface area contributed by atoms with Gasteiger partial charge in [-0.15, -0.1) is 0 Å². The minimum atomic E-state index is -0.802. The summed E-state index contributed by atoms with van der Waals surface area (Å²) in [5.74, 6) is 0.346. The largest absolute Gasteiger partial charge is 0.507 e. The van der Waals surface area contributed by atoms with Crippen molar-refractivity contribution in [2.75, 3.05) is 27.4 Å². The first-order valence-electron chi connectivity index (χ1n) is 13.3. The van der Waals surface area contributed by atoms with Crippen molar-refractivity contribution in [3.8, 4) is 17.2 Å². The van der Waals surface area contributed by atoms with E-state index < -0.39 is 17.7 Å². The second-order valence-electron chi connectivity index (χ2n) is 9.41. The fourth-order valence-electron chi connectivity index (χ4n) is 4.77. The van der Waals surface area contributed by atoms with E-state index in [-0.39, 0.29) is 17.9 Å². The number of benzene rings is 3. The van der Waals surface area contributed by atoms with Crippen LogP contribution in [0.4, 0.5) is 0 Å². The van der Waals surface area contributed by atoms with Gasteiger partial charge in [-0.2, -0.15) is 0 Å². The highest BCUT2D eigenvalue weighted by Gasteiger charge is 2.46. The van der Waals surface area contributed by atoms with Crippen molar-refractivity contribution >= 4 is 17.4 Å². The SMILES string of the molecule is CCCCCOc1ccc(/C(O)=C2/C(=O)C(=O)N(CCc3ccc(OC)cc3)C2c2ccccc2OC)cc1. The van der Waals surface area contributed by atoms with Gasteiger partial charge in [0, 0.05) is 17.7 Å². The van der Waals surface area contributed by atoms with Crippen LogP contribution in [0.25, 0.3) is 5.76 Å². The molecule has 0 radical (unpaired) electrons. The number of likely N-dealkylation sites (tertiary alicyclic amines) is 1. The summed E-state index contributed by atoms with van der Waals surface area (Å²) in [4.78, 5) is 28.2. The molecule has 1 aliphatic rings. The fraction of sp³-hybridized carbons (Fsp3) is 0.312. The molecule has 1 N–H and O–H groups in total.